The molecule has 0 saturated heterocycles. The second-order valence-corrected chi connectivity index (χ2v) is 13.7. The van der Waals surface area contributed by atoms with E-state index in [-0.39, 0.29) is 36.8 Å². The molecule has 0 aliphatic carbocycles. The molecule has 5 aromatic heterocycles. The monoisotopic (exact) mass is 963 g/mol. The Hall–Kier alpha value is -6.59. The Kier molecular flexibility index (Phi) is 8.04. The molecule has 0 radical (unpaired) electrons. The molecule has 5 nitrogen and oxygen atoms in total. The van der Waals surface area contributed by atoms with Gasteiger partial charge in [-0.05, 0) is 76.5 Å². The summed E-state index contributed by atoms with van der Waals surface area (Å²) in [4.78, 5) is 18.0. The fourth-order valence-corrected chi connectivity index (χ4v) is 7.00. The van der Waals surface area contributed by atoms with Crippen LogP contribution in [-0.4, -0.2) is 24.3 Å². The molecule has 6 heteroatoms. The standard InChI is InChI=1S/C54H40N5.Ir/c1-2-8-44(9-3-1)47-28-31-57-52-48-27-22-40(37-49(48)54-58-32-33-59(54)53(47)52)14-17-43-35-41(15-12-38-18-23-45(24-19-38)50-10-4-6-29-55-50)34-42(36-43)16-13-39-20-25-46(26-21-39)51-11-5-7-30-56-51;/h1-11,18-23,25,28-37H,12-17H2;/q-3;+3/i12D2,13D2,14D2,15D2,16D2,17D2;. The van der Waals surface area contributed by atoms with Crippen LogP contribution in [0.15, 0.2) is 171 Å². The Morgan fingerprint density at radius 1 is 0.483 bits per heavy atom. The van der Waals surface area contributed by atoms with Crippen LogP contribution in [-0.2, 0) is 58.3 Å². The summed E-state index contributed by atoms with van der Waals surface area (Å²) in [6, 6.07) is 45.5. The van der Waals surface area contributed by atoms with Crippen LogP contribution in [0, 0.1) is 18.2 Å². The van der Waals surface area contributed by atoms with Gasteiger partial charge in [-0.3, -0.25) is 0 Å². The molecule has 0 bridgehead atoms. The van der Waals surface area contributed by atoms with E-state index < -0.39 is 54.9 Å². The van der Waals surface area contributed by atoms with Crippen molar-refractivity contribution in [1.82, 2.24) is 24.3 Å². The average molecular weight is 963 g/mol. The van der Waals surface area contributed by atoms with Gasteiger partial charge in [-0.15, -0.1) is 99.9 Å². The van der Waals surface area contributed by atoms with Crippen molar-refractivity contribution in [2.45, 2.75) is 38.2 Å². The molecule has 0 N–H and O–H groups in total. The zero-order chi connectivity index (χ0) is 50.1. The first-order valence-corrected chi connectivity index (χ1v) is 18.9. The molecule has 0 unspecified atom stereocenters. The molecule has 5 heterocycles. The van der Waals surface area contributed by atoms with Gasteiger partial charge in [0.05, 0.1) is 0 Å². The van der Waals surface area contributed by atoms with E-state index in [4.69, 9.17) is 4.98 Å². The van der Waals surface area contributed by atoms with E-state index in [1.54, 1.807) is 79.5 Å². The van der Waals surface area contributed by atoms with Crippen molar-refractivity contribution in [3.8, 4) is 33.6 Å². The van der Waals surface area contributed by atoms with Crippen molar-refractivity contribution in [2.75, 3.05) is 0 Å². The van der Waals surface area contributed by atoms with Crippen molar-refractivity contribution in [3.05, 3.63) is 222 Å². The van der Waals surface area contributed by atoms with Crippen molar-refractivity contribution in [2.24, 2.45) is 0 Å². The number of aromatic nitrogens is 5. The predicted molar refractivity (Wildman–Crippen MR) is 238 cm³/mol. The van der Waals surface area contributed by atoms with Crippen molar-refractivity contribution >= 4 is 27.5 Å². The average Bonchev–Trinajstić information content (AvgIpc) is 3.90. The van der Waals surface area contributed by atoms with Crippen LogP contribution >= 0.6 is 0 Å². The van der Waals surface area contributed by atoms with Crippen molar-refractivity contribution < 1.29 is 36.6 Å². The van der Waals surface area contributed by atoms with Gasteiger partial charge in [0.15, 0.2) is 0 Å². The normalized spacial score (nSPS) is 15.7. The second kappa shape index (κ2) is 17.7. The number of fused-ring (bicyclic) bond motifs is 6. The van der Waals surface area contributed by atoms with Gasteiger partial charge in [-0.2, -0.15) is 0 Å². The third-order valence-electron chi connectivity index (χ3n) is 9.80. The maximum atomic E-state index is 9.65. The molecule has 10 rings (SSSR count). The van der Waals surface area contributed by atoms with E-state index in [0.717, 1.165) is 34.8 Å². The Balaban J connectivity index is 0.00000640. The second-order valence-electron chi connectivity index (χ2n) is 13.7. The largest absolute Gasteiger partial charge is 3.00 e. The molecule has 290 valence electrons. The third kappa shape index (κ3) is 8.31. The van der Waals surface area contributed by atoms with Crippen LogP contribution in [0.1, 0.15) is 49.8 Å². The van der Waals surface area contributed by atoms with Gasteiger partial charge in [0.1, 0.15) is 5.65 Å². The van der Waals surface area contributed by atoms with Gasteiger partial charge >= 0.3 is 20.1 Å². The maximum Gasteiger partial charge on any atom is 3.00 e. The molecule has 0 aliphatic rings. The number of hydrogen-bond donors (Lipinski definition) is 0. The number of rotatable bonds is 12. The molecule has 60 heavy (non-hydrogen) atoms. The summed E-state index contributed by atoms with van der Waals surface area (Å²) in [5.74, 6) is 0. The van der Waals surface area contributed by atoms with E-state index in [0.29, 0.717) is 44.5 Å². The van der Waals surface area contributed by atoms with Gasteiger partial charge in [-0.25, -0.2) is 4.98 Å². The van der Waals surface area contributed by atoms with Crippen LogP contribution in [0.3, 0.4) is 0 Å². The van der Waals surface area contributed by atoms with Gasteiger partial charge in [-0.1, -0.05) is 97.3 Å². The summed E-state index contributed by atoms with van der Waals surface area (Å²) >= 11 is 0. The molecule has 0 fully saturated rings. The number of imidazole rings is 1. The molecular weight excluding hydrogens is 911 g/mol. The summed E-state index contributed by atoms with van der Waals surface area (Å²) in [5.41, 5.74) is 3.48. The number of aryl methyl sites for hydroxylation is 6. The van der Waals surface area contributed by atoms with Gasteiger partial charge in [0, 0.05) is 58.5 Å². The smallest absolute Gasteiger partial charge is 0.314 e. The van der Waals surface area contributed by atoms with Crippen LogP contribution in [0.2, 0.25) is 0 Å². The summed E-state index contributed by atoms with van der Waals surface area (Å²) in [7, 11) is 0. The first kappa shape index (κ1) is 27.2. The number of nitrogens with zero attached hydrogens (tertiary/aromatic N) is 5. The zero-order valence-electron chi connectivity index (χ0n) is 43.7. The predicted octanol–water partition coefficient (Wildman–Crippen LogP) is 11.6. The number of pyridine rings is 4. The summed E-state index contributed by atoms with van der Waals surface area (Å²) in [6.45, 7) is 0. The van der Waals surface area contributed by atoms with E-state index in [1.807, 2.05) is 40.8 Å². The molecule has 0 saturated carbocycles. The van der Waals surface area contributed by atoms with Crippen LogP contribution < -0.4 is 0 Å². The molecule has 5 aromatic carbocycles. The molecule has 0 aliphatic heterocycles. The van der Waals surface area contributed by atoms with Crippen LogP contribution in [0.4, 0.5) is 0 Å². The Morgan fingerprint density at radius 2 is 1.05 bits per heavy atom. The SMILES string of the molecule is [2H]C([2H])(c1c[c-]c(-c2ccccn2)cc1)C([2H])([2H])c1cc(C([2H])([2H])C([2H])([2H])c2c[c-]c(-c3ccccn3)cc2)cc(C([2H])([2H])C([2H])([2H])c2c[c-]c3c(c2)c2nccn2c2c(-c4ccccc4)ccnc32)c1.[Ir+3]. The quantitative estimate of drug-likeness (QED) is 0.0904. The minimum Gasteiger partial charge on any atom is -0.314 e. The first-order valence-electron chi connectivity index (χ1n) is 24.9. The Labute approximate surface area is 381 Å². The summed E-state index contributed by atoms with van der Waals surface area (Å²) in [6.07, 6.45) is -9.81. The van der Waals surface area contributed by atoms with Gasteiger partial charge < -0.3 is 19.4 Å². The van der Waals surface area contributed by atoms with Crippen molar-refractivity contribution in [1.29, 1.82) is 0 Å². The number of benzene rings is 5. The topological polar surface area (TPSA) is 56.0 Å². The maximum absolute atomic E-state index is 9.65. The van der Waals surface area contributed by atoms with Crippen LogP contribution in [0.5, 0.6) is 0 Å². The molecule has 10 aromatic rings. The van der Waals surface area contributed by atoms with E-state index in [2.05, 4.69) is 33.2 Å². The third-order valence-corrected chi connectivity index (χ3v) is 9.80. The Morgan fingerprint density at radius 3 is 1.62 bits per heavy atom. The summed E-state index contributed by atoms with van der Waals surface area (Å²) in [5, 5.41) is 0.917. The first-order chi connectivity index (χ1) is 33.7. The van der Waals surface area contributed by atoms with Crippen molar-refractivity contribution in [3.63, 3.8) is 0 Å². The van der Waals surface area contributed by atoms with Gasteiger partial charge in [0.25, 0.3) is 0 Å². The van der Waals surface area contributed by atoms with E-state index in [1.165, 1.54) is 36.4 Å². The fourth-order valence-electron chi connectivity index (χ4n) is 7.00. The molecule has 0 atom stereocenters. The number of hydrogen-bond acceptors (Lipinski definition) is 4. The van der Waals surface area contributed by atoms with Crippen LogP contribution in [0.25, 0.3) is 61.1 Å². The summed E-state index contributed by atoms with van der Waals surface area (Å²) < 4.78 is 115. The molecular formula is C54H40IrN5. The Bertz CT molecular complexity index is 3470. The van der Waals surface area contributed by atoms with E-state index in [9.17, 15) is 16.4 Å². The fraction of sp³-hybridized carbons (Fsp3) is 0.111. The molecule has 0 amide bonds. The van der Waals surface area contributed by atoms with E-state index >= 15 is 0 Å². The van der Waals surface area contributed by atoms with Gasteiger partial charge in [0.2, 0.25) is 0 Å². The molecule has 0 spiro atoms. The zero-order valence-corrected chi connectivity index (χ0v) is 34.1. The minimum absolute atomic E-state index is 0. The minimum atomic E-state index is -3.12.